The van der Waals surface area contributed by atoms with Crippen molar-refractivity contribution in [1.82, 2.24) is 0 Å². The molecule has 3 N–H and O–H groups in total. The van der Waals surface area contributed by atoms with Crippen LogP contribution >= 0.6 is 0 Å². The number of phenolic OH excluding ortho intramolecular Hbond substituents is 1. The number of nitro groups is 1. The number of hydrogen-bond donors (Lipinski definition) is 3. The minimum atomic E-state index is -4.99. The van der Waals surface area contributed by atoms with Crippen molar-refractivity contribution in [2.24, 2.45) is 10.2 Å². The molecule has 5 rings (SSSR count). The minimum Gasteiger partial charge on any atom is -0.744 e. The quantitative estimate of drug-likeness (QED) is 0.0682. The molecule has 0 aliphatic rings. The van der Waals surface area contributed by atoms with E-state index in [2.05, 4.69) is 20.3 Å². The number of aromatic hydroxyl groups is 1. The largest absolute Gasteiger partial charge is 1.00 e. The Hall–Kier alpha value is -4.71. The number of rotatable bonds is 9. The Bertz CT molecular complexity index is 2300. The third kappa shape index (κ3) is 7.82. The number of fused-ring (bicyclic) bond motifs is 1. The van der Waals surface area contributed by atoms with Gasteiger partial charge in [0.1, 0.15) is 15.8 Å². The molecule has 0 saturated carbocycles. The van der Waals surface area contributed by atoms with Crippen molar-refractivity contribution in [2.75, 3.05) is 10.0 Å². The normalized spacial score (nSPS) is 11.6. The summed E-state index contributed by atoms with van der Waals surface area (Å²) in [5.74, 6) is -1.34. The van der Waals surface area contributed by atoms with Crippen LogP contribution in [-0.2, 0) is 20.1 Å². The van der Waals surface area contributed by atoms with Crippen LogP contribution in [-0.4, -0.2) is 37.3 Å². The molecule has 0 radical (unpaired) electrons. The number of para-hydroxylation sites is 1. The number of benzene rings is 5. The van der Waals surface area contributed by atoms with Crippen LogP contribution in [0, 0.1) is 17.0 Å². The summed E-state index contributed by atoms with van der Waals surface area (Å²) < 4.78 is 63.6. The predicted molar refractivity (Wildman–Crippen MR) is 167 cm³/mol. The minimum absolute atomic E-state index is 0. The van der Waals surface area contributed by atoms with Gasteiger partial charge in [0.15, 0.2) is 5.75 Å². The monoisotopic (exact) mass is 683 g/mol. The first kappa shape index (κ1) is 35.1. The number of carbonyl (C=O) groups is 1. The molecule has 0 aromatic heterocycles. The zero-order chi connectivity index (χ0) is 33.2. The number of azo groups is 1. The van der Waals surface area contributed by atoms with Gasteiger partial charge in [-0.2, -0.15) is 5.11 Å². The molecular weight excluding hydrogens is 661 g/mol. The third-order valence-corrected chi connectivity index (χ3v) is 9.08. The van der Waals surface area contributed by atoms with Crippen LogP contribution in [0.4, 0.5) is 28.4 Å². The van der Waals surface area contributed by atoms with E-state index in [0.29, 0.717) is 10.8 Å². The maximum atomic E-state index is 13.3. The molecular formula is C30H22N5NaO9S2. The predicted octanol–water partition coefficient (Wildman–Crippen LogP) is 3.14. The number of sulfonamides is 1. The van der Waals surface area contributed by atoms with E-state index in [0.717, 1.165) is 24.3 Å². The molecule has 0 saturated heterocycles. The smallest absolute Gasteiger partial charge is 0.744 e. The molecule has 0 fully saturated rings. The number of anilines is 2. The molecule has 14 nitrogen and oxygen atoms in total. The maximum Gasteiger partial charge on any atom is 1.00 e. The van der Waals surface area contributed by atoms with Gasteiger partial charge in [-0.1, -0.05) is 48.5 Å². The van der Waals surface area contributed by atoms with Gasteiger partial charge in [-0.3, -0.25) is 19.6 Å². The van der Waals surface area contributed by atoms with E-state index >= 15 is 0 Å². The number of non-ortho nitro benzene ring substituents is 1. The number of carbonyl (C=O) groups excluding carboxylic acids is 1. The van der Waals surface area contributed by atoms with Crippen molar-refractivity contribution in [2.45, 2.75) is 16.7 Å². The number of nitrogens with zero attached hydrogens (tertiary/aromatic N) is 3. The fourth-order valence-electron chi connectivity index (χ4n) is 4.50. The summed E-state index contributed by atoms with van der Waals surface area (Å²) in [5, 5.41) is 33.9. The van der Waals surface area contributed by atoms with Gasteiger partial charge < -0.3 is 15.0 Å². The molecule has 47 heavy (non-hydrogen) atoms. The first-order chi connectivity index (χ1) is 21.7. The molecule has 0 unspecified atom stereocenters. The van der Waals surface area contributed by atoms with E-state index in [9.17, 15) is 41.4 Å². The van der Waals surface area contributed by atoms with Gasteiger partial charge in [-0.15, -0.1) is 5.11 Å². The molecule has 17 heteroatoms. The number of nitro benzene ring substituents is 1. The van der Waals surface area contributed by atoms with Gasteiger partial charge in [0.25, 0.3) is 21.6 Å². The molecule has 5 aromatic rings. The van der Waals surface area contributed by atoms with Crippen LogP contribution in [0.3, 0.4) is 0 Å². The van der Waals surface area contributed by atoms with Gasteiger partial charge >= 0.3 is 29.6 Å². The Morgan fingerprint density at radius 2 is 1.55 bits per heavy atom. The van der Waals surface area contributed by atoms with E-state index < -0.39 is 47.3 Å². The summed E-state index contributed by atoms with van der Waals surface area (Å²) in [6, 6.07) is 22.1. The Morgan fingerprint density at radius 1 is 0.851 bits per heavy atom. The Labute approximate surface area is 290 Å². The topological polar surface area (TPSA) is 221 Å². The molecule has 1 amide bonds. The average Bonchev–Trinajstić information content (AvgIpc) is 3.00. The van der Waals surface area contributed by atoms with E-state index in [4.69, 9.17) is 0 Å². The van der Waals surface area contributed by atoms with Crippen molar-refractivity contribution in [3.63, 3.8) is 0 Å². The number of nitrogens with one attached hydrogen (secondary N) is 2. The number of phenols is 1. The molecule has 0 bridgehead atoms. The van der Waals surface area contributed by atoms with Crippen LogP contribution in [0.2, 0.25) is 0 Å². The van der Waals surface area contributed by atoms with Crippen LogP contribution < -0.4 is 39.6 Å². The van der Waals surface area contributed by atoms with Gasteiger partial charge in [-0.05, 0) is 54.3 Å². The molecule has 5 aromatic carbocycles. The van der Waals surface area contributed by atoms with E-state index in [1.807, 2.05) is 0 Å². The molecule has 0 atom stereocenters. The van der Waals surface area contributed by atoms with Crippen LogP contribution in [0.15, 0.2) is 117 Å². The van der Waals surface area contributed by atoms with Crippen molar-refractivity contribution in [3.8, 4) is 5.75 Å². The van der Waals surface area contributed by atoms with E-state index in [1.165, 1.54) is 55.5 Å². The van der Waals surface area contributed by atoms with Gasteiger partial charge in [0.05, 0.1) is 31.7 Å². The van der Waals surface area contributed by atoms with Crippen molar-refractivity contribution in [3.05, 3.63) is 118 Å². The van der Waals surface area contributed by atoms with Crippen LogP contribution in [0.5, 0.6) is 5.75 Å². The maximum absolute atomic E-state index is 13.3. The molecule has 0 aliphatic heterocycles. The van der Waals surface area contributed by atoms with E-state index in [-0.39, 0.29) is 68.3 Å². The van der Waals surface area contributed by atoms with E-state index in [1.54, 1.807) is 24.3 Å². The second-order valence-corrected chi connectivity index (χ2v) is 12.8. The first-order valence-corrected chi connectivity index (χ1v) is 16.0. The van der Waals surface area contributed by atoms with Crippen LogP contribution in [0.1, 0.15) is 15.9 Å². The standard InChI is InChI=1S/C30H23N5O9S2.Na/c1-18-13-14-21(17-27(18)45(40,41)34-25-11-4-5-12-26(25)46(42,43)44)32-33-28-23-10-3-2-7-19(23)15-24(29(28)36)30(37)31-20-8-6-9-22(16-20)35(38)39;/h2-17,34,36H,1H3,(H,31,37)(H,42,43,44);/q;+1/p-1. The molecule has 234 valence electrons. The summed E-state index contributed by atoms with van der Waals surface area (Å²) in [6.45, 7) is 1.49. The molecule has 0 aliphatic carbocycles. The summed E-state index contributed by atoms with van der Waals surface area (Å²) in [4.78, 5) is 22.6. The number of aryl methyl sites for hydroxylation is 1. The summed E-state index contributed by atoms with van der Waals surface area (Å²) in [5.41, 5.74) is -0.590. The van der Waals surface area contributed by atoms with Crippen molar-refractivity contribution >= 4 is 65.3 Å². The second-order valence-electron chi connectivity index (χ2n) is 9.81. The Morgan fingerprint density at radius 3 is 2.28 bits per heavy atom. The Balaban J connectivity index is 0.00000500. The van der Waals surface area contributed by atoms with Crippen molar-refractivity contribution in [1.29, 1.82) is 0 Å². The third-order valence-electron chi connectivity index (χ3n) is 6.68. The summed E-state index contributed by atoms with van der Waals surface area (Å²) in [6.07, 6.45) is 0. The molecule has 0 heterocycles. The van der Waals surface area contributed by atoms with Gasteiger partial charge in [0, 0.05) is 23.2 Å². The van der Waals surface area contributed by atoms with Crippen molar-refractivity contribution < 1.29 is 65.8 Å². The number of amides is 1. The van der Waals surface area contributed by atoms with Crippen LogP contribution in [0.25, 0.3) is 10.8 Å². The second kappa shape index (κ2) is 14.0. The molecule has 0 spiro atoms. The average molecular weight is 684 g/mol. The fraction of sp³-hybridized carbons (Fsp3) is 0.0333. The zero-order valence-corrected chi connectivity index (χ0v) is 28.2. The first-order valence-electron chi connectivity index (χ1n) is 13.2. The number of hydrogen-bond acceptors (Lipinski definition) is 11. The SMILES string of the molecule is Cc1ccc(N=Nc2c(O)c(C(=O)Nc3cccc([N+](=O)[O-])c3)cc3ccccc23)cc1S(=O)(=O)Nc1ccccc1S(=O)(=O)[O-].[Na+]. The fourth-order valence-corrected chi connectivity index (χ4v) is 6.55. The van der Waals surface area contributed by atoms with Gasteiger partial charge in [-0.25, -0.2) is 16.8 Å². The van der Waals surface area contributed by atoms with Gasteiger partial charge in [0.2, 0.25) is 0 Å². The summed E-state index contributed by atoms with van der Waals surface area (Å²) >= 11 is 0. The summed E-state index contributed by atoms with van der Waals surface area (Å²) in [7, 11) is -9.42. The Kier molecular flexibility index (Phi) is 10.4. The zero-order valence-electron chi connectivity index (χ0n) is 24.6.